The molecule has 4 nitrogen and oxygen atoms in total. The molecule has 1 aliphatic rings. The first-order valence-corrected chi connectivity index (χ1v) is 4.68. The zero-order valence-corrected chi connectivity index (χ0v) is 8.17. The van der Waals surface area contributed by atoms with Gasteiger partial charge in [-0.3, -0.25) is 10.1 Å². The number of aliphatic imine (C=N–C) groups is 1. The number of nitrogens with one attached hydrogen (secondary N) is 1. The van der Waals surface area contributed by atoms with Crippen LogP contribution in [0.3, 0.4) is 0 Å². The molecule has 74 valence electrons. The van der Waals surface area contributed by atoms with E-state index in [1.165, 1.54) is 7.11 Å². The Morgan fingerprint density at radius 3 is 3.08 bits per heavy atom. The maximum atomic E-state index is 11.1. The van der Waals surface area contributed by atoms with Gasteiger partial charge in [0.05, 0.1) is 13.2 Å². The lowest BCUT2D eigenvalue weighted by Gasteiger charge is -2.19. The quantitative estimate of drug-likeness (QED) is 0.713. The van der Waals surface area contributed by atoms with Gasteiger partial charge in [0.1, 0.15) is 0 Å². The smallest absolute Gasteiger partial charge is 0.291 e. The van der Waals surface area contributed by atoms with E-state index in [9.17, 15) is 4.79 Å². The second-order valence-corrected chi connectivity index (χ2v) is 3.19. The highest BCUT2D eigenvalue weighted by Crippen LogP contribution is 2.11. The first kappa shape index (κ1) is 10.0. The van der Waals surface area contributed by atoms with Crippen LogP contribution in [0, 0.1) is 0 Å². The summed E-state index contributed by atoms with van der Waals surface area (Å²) < 4.78 is 4.89. The number of methoxy groups -OCH3 is 1. The van der Waals surface area contributed by atoms with Gasteiger partial charge >= 0.3 is 0 Å². The lowest BCUT2D eigenvalue weighted by molar-refractivity contribution is -0.120. The number of nitrogens with zero attached hydrogens (tertiary/aromatic N) is 1. The first-order valence-electron chi connectivity index (χ1n) is 4.68. The number of hydrogen-bond acceptors (Lipinski definition) is 3. The summed E-state index contributed by atoms with van der Waals surface area (Å²) in [5.41, 5.74) is 0. The van der Waals surface area contributed by atoms with Crippen LogP contribution in [0.1, 0.15) is 32.6 Å². The summed E-state index contributed by atoms with van der Waals surface area (Å²) in [6, 6.07) is 0.473. The van der Waals surface area contributed by atoms with Crippen LogP contribution in [-0.2, 0) is 9.53 Å². The van der Waals surface area contributed by atoms with E-state index in [1.54, 1.807) is 0 Å². The molecule has 4 heteroatoms. The second kappa shape index (κ2) is 4.84. The van der Waals surface area contributed by atoms with Crippen molar-refractivity contribution in [1.82, 2.24) is 5.32 Å². The van der Waals surface area contributed by atoms with E-state index in [1.807, 2.05) is 0 Å². The fraction of sp³-hybridized carbons (Fsp3) is 0.778. The van der Waals surface area contributed by atoms with E-state index >= 15 is 0 Å². The Kier molecular flexibility index (Phi) is 3.73. The van der Waals surface area contributed by atoms with Crippen molar-refractivity contribution in [3.63, 3.8) is 0 Å². The molecule has 1 rings (SSSR count). The van der Waals surface area contributed by atoms with Crippen LogP contribution in [0.2, 0.25) is 0 Å². The molecule has 0 spiro atoms. The molecule has 0 aliphatic carbocycles. The van der Waals surface area contributed by atoms with Crippen molar-refractivity contribution in [3.05, 3.63) is 0 Å². The Labute approximate surface area is 78.4 Å². The number of carbonyl (C=O) groups is 1. The minimum atomic E-state index is 0.00736. The van der Waals surface area contributed by atoms with Crippen molar-refractivity contribution in [2.24, 2.45) is 4.99 Å². The van der Waals surface area contributed by atoms with Crippen LogP contribution >= 0.6 is 0 Å². The number of amides is 1. The zero-order valence-electron chi connectivity index (χ0n) is 8.17. The average molecular weight is 184 g/mol. The number of carbonyl (C=O) groups excluding carboxylic acids is 1. The molecule has 0 aromatic heterocycles. The van der Waals surface area contributed by atoms with Crippen LogP contribution in [0.5, 0.6) is 0 Å². The normalized spacial score (nSPS) is 22.2. The van der Waals surface area contributed by atoms with Crippen LogP contribution in [0.15, 0.2) is 4.99 Å². The molecule has 0 aromatic carbocycles. The second-order valence-electron chi connectivity index (χ2n) is 3.19. The molecule has 1 N–H and O–H groups in total. The standard InChI is InChI=1S/C9H16N2O2/c1-3-4-5-7-6-8(12)11-9(10-7)13-2/h7H,3-6H2,1-2H3,(H,10,11,12). The van der Waals surface area contributed by atoms with E-state index < -0.39 is 0 Å². The number of rotatable bonds is 3. The van der Waals surface area contributed by atoms with Gasteiger partial charge in [0.15, 0.2) is 0 Å². The highest BCUT2D eigenvalue weighted by molar-refractivity contribution is 5.96. The SMILES string of the molecule is CCCCC1CC(=O)NC(OC)=N1. The van der Waals surface area contributed by atoms with Crippen molar-refractivity contribution in [1.29, 1.82) is 0 Å². The van der Waals surface area contributed by atoms with Gasteiger partial charge in [-0.05, 0) is 6.42 Å². The van der Waals surface area contributed by atoms with Gasteiger partial charge in [-0.15, -0.1) is 0 Å². The Bertz CT molecular complexity index is 214. The minimum absolute atomic E-state index is 0.00736. The van der Waals surface area contributed by atoms with Crippen LogP contribution in [-0.4, -0.2) is 25.1 Å². The summed E-state index contributed by atoms with van der Waals surface area (Å²) in [5, 5.41) is 2.56. The fourth-order valence-electron chi connectivity index (χ4n) is 1.34. The Morgan fingerprint density at radius 1 is 1.69 bits per heavy atom. The van der Waals surface area contributed by atoms with Crippen LogP contribution < -0.4 is 5.32 Å². The van der Waals surface area contributed by atoms with E-state index in [2.05, 4.69) is 17.2 Å². The Hall–Kier alpha value is -1.06. The lowest BCUT2D eigenvalue weighted by Crippen LogP contribution is -2.39. The van der Waals surface area contributed by atoms with Crippen LogP contribution in [0.4, 0.5) is 0 Å². The largest absolute Gasteiger partial charge is 0.468 e. The average Bonchev–Trinajstić information content (AvgIpc) is 2.14. The molecule has 0 saturated heterocycles. The number of ether oxygens (including phenoxy) is 1. The highest BCUT2D eigenvalue weighted by Gasteiger charge is 2.20. The third-order valence-corrected chi connectivity index (χ3v) is 2.05. The highest BCUT2D eigenvalue weighted by atomic mass is 16.5. The third kappa shape index (κ3) is 3.05. The maximum Gasteiger partial charge on any atom is 0.291 e. The predicted molar refractivity (Wildman–Crippen MR) is 50.5 cm³/mol. The molecule has 0 radical (unpaired) electrons. The summed E-state index contributed by atoms with van der Waals surface area (Å²) >= 11 is 0. The van der Waals surface area contributed by atoms with Crippen molar-refractivity contribution >= 4 is 11.9 Å². The molecule has 13 heavy (non-hydrogen) atoms. The van der Waals surface area contributed by atoms with Gasteiger partial charge in [0.2, 0.25) is 5.91 Å². The number of amidine groups is 1. The number of unbranched alkanes of at least 4 members (excludes halogenated alkanes) is 1. The van der Waals surface area contributed by atoms with Gasteiger partial charge in [0.25, 0.3) is 6.02 Å². The van der Waals surface area contributed by atoms with Gasteiger partial charge < -0.3 is 4.74 Å². The number of hydrogen-bond donors (Lipinski definition) is 1. The molecule has 1 aliphatic heterocycles. The van der Waals surface area contributed by atoms with Gasteiger partial charge in [-0.25, -0.2) is 4.99 Å². The summed E-state index contributed by atoms with van der Waals surface area (Å²) in [6.45, 7) is 2.13. The van der Waals surface area contributed by atoms with E-state index in [0.29, 0.717) is 12.4 Å². The fourth-order valence-corrected chi connectivity index (χ4v) is 1.34. The Balaban J connectivity index is 2.49. The van der Waals surface area contributed by atoms with E-state index in [-0.39, 0.29) is 11.9 Å². The van der Waals surface area contributed by atoms with Crippen LogP contribution in [0.25, 0.3) is 0 Å². The Morgan fingerprint density at radius 2 is 2.46 bits per heavy atom. The van der Waals surface area contributed by atoms with E-state index in [4.69, 9.17) is 4.74 Å². The molecule has 0 bridgehead atoms. The summed E-state index contributed by atoms with van der Waals surface area (Å²) in [4.78, 5) is 15.4. The monoisotopic (exact) mass is 184 g/mol. The summed E-state index contributed by atoms with van der Waals surface area (Å²) in [6.07, 6.45) is 3.71. The summed E-state index contributed by atoms with van der Waals surface area (Å²) in [5.74, 6) is 0.00736. The zero-order chi connectivity index (χ0) is 9.68. The lowest BCUT2D eigenvalue weighted by atomic mass is 10.1. The molecule has 1 atom stereocenters. The van der Waals surface area contributed by atoms with Crippen molar-refractivity contribution in [2.45, 2.75) is 38.6 Å². The third-order valence-electron chi connectivity index (χ3n) is 2.05. The van der Waals surface area contributed by atoms with Crippen molar-refractivity contribution in [2.75, 3.05) is 7.11 Å². The molecule has 1 amide bonds. The maximum absolute atomic E-state index is 11.1. The van der Waals surface area contributed by atoms with Gasteiger partial charge in [-0.1, -0.05) is 19.8 Å². The molecular weight excluding hydrogens is 168 g/mol. The predicted octanol–water partition coefficient (Wildman–Crippen LogP) is 1.07. The molecule has 0 aromatic rings. The van der Waals surface area contributed by atoms with Gasteiger partial charge in [0, 0.05) is 6.42 Å². The molecule has 0 fully saturated rings. The minimum Gasteiger partial charge on any atom is -0.468 e. The molecule has 1 heterocycles. The first-order chi connectivity index (χ1) is 6.26. The van der Waals surface area contributed by atoms with Crippen molar-refractivity contribution in [3.8, 4) is 0 Å². The topological polar surface area (TPSA) is 50.7 Å². The molecule has 0 saturated carbocycles. The molecule has 1 unspecified atom stereocenters. The summed E-state index contributed by atoms with van der Waals surface area (Å²) in [7, 11) is 1.52. The van der Waals surface area contributed by atoms with Gasteiger partial charge in [-0.2, -0.15) is 0 Å². The van der Waals surface area contributed by atoms with Crippen molar-refractivity contribution < 1.29 is 9.53 Å². The molecular formula is C9H16N2O2. The van der Waals surface area contributed by atoms with E-state index in [0.717, 1.165) is 19.3 Å².